The number of carbonyl (C=O) groups excluding carboxylic acids is 1. The number of hydrogen-bond acceptors (Lipinski definition) is 3. The molecule has 6 heteroatoms. The zero-order valence-corrected chi connectivity index (χ0v) is 11.0. The van der Waals surface area contributed by atoms with E-state index < -0.39 is 4.92 Å². The zero-order valence-electron chi connectivity index (χ0n) is 9.47. The van der Waals surface area contributed by atoms with Gasteiger partial charge in [-0.05, 0) is 17.7 Å². The molecule has 0 N–H and O–H groups in total. The normalized spacial score (nSPS) is 10.2. The Morgan fingerprint density at radius 1 is 1.16 bits per heavy atom. The molecule has 0 aliphatic heterocycles. The minimum absolute atomic E-state index is 0.0203. The summed E-state index contributed by atoms with van der Waals surface area (Å²) in [5.41, 5.74) is 0.870. The van der Waals surface area contributed by atoms with Crippen LogP contribution in [0, 0.1) is 10.1 Å². The molecule has 19 heavy (non-hydrogen) atoms. The largest absolute Gasteiger partial charge is 0.298 e. The number of halogens is 2. The quantitative estimate of drug-likeness (QED) is 0.479. The molecule has 2 rings (SSSR count). The van der Waals surface area contributed by atoms with Gasteiger partial charge in [-0.15, -0.1) is 0 Å². The van der Waals surface area contributed by atoms with Gasteiger partial charge in [0.1, 0.15) is 0 Å². The van der Waals surface area contributed by atoms with E-state index in [1.165, 1.54) is 12.1 Å². The van der Waals surface area contributed by atoms with Crippen LogP contribution in [0.15, 0.2) is 36.4 Å². The highest BCUT2D eigenvalue weighted by molar-refractivity contribution is 6.43. The fourth-order valence-corrected chi connectivity index (χ4v) is 2.11. The highest BCUT2D eigenvalue weighted by Gasteiger charge is 2.16. The predicted octanol–water partition coefficient (Wildman–Crippen LogP) is 4.38. The van der Waals surface area contributed by atoms with Crippen LogP contribution in [0.1, 0.15) is 10.4 Å². The number of rotatable bonds is 3. The summed E-state index contributed by atoms with van der Waals surface area (Å²) in [7, 11) is 0. The van der Waals surface area contributed by atoms with E-state index in [1.54, 1.807) is 24.3 Å². The lowest BCUT2D eigenvalue weighted by Crippen LogP contribution is -1.95. The first-order valence-corrected chi connectivity index (χ1v) is 5.98. The molecule has 96 valence electrons. The Morgan fingerprint density at radius 3 is 2.53 bits per heavy atom. The number of nitrogens with zero attached hydrogens (tertiary/aromatic N) is 1. The van der Waals surface area contributed by atoms with Crippen molar-refractivity contribution >= 4 is 35.2 Å². The molecule has 2 aromatic carbocycles. The molecule has 0 amide bonds. The SMILES string of the molecule is O=Cc1ccc(-c2cccc(Cl)c2Cl)cc1[N+](=O)[O-]. The molecule has 0 aliphatic carbocycles. The second-order valence-corrected chi connectivity index (χ2v) is 4.54. The van der Waals surface area contributed by atoms with Gasteiger partial charge in [-0.1, -0.05) is 41.4 Å². The van der Waals surface area contributed by atoms with E-state index in [0.717, 1.165) is 0 Å². The van der Waals surface area contributed by atoms with Gasteiger partial charge in [0, 0.05) is 11.6 Å². The van der Waals surface area contributed by atoms with Gasteiger partial charge in [-0.25, -0.2) is 0 Å². The second kappa shape index (κ2) is 5.38. The van der Waals surface area contributed by atoms with Crippen molar-refractivity contribution in [1.82, 2.24) is 0 Å². The lowest BCUT2D eigenvalue weighted by atomic mass is 10.0. The fourth-order valence-electron chi connectivity index (χ4n) is 1.70. The molecule has 0 bridgehead atoms. The van der Waals surface area contributed by atoms with Crippen LogP contribution in [0.25, 0.3) is 11.1 Å². The fraction of sp³-hybridized carbons (Fsp3) is 0. The van der Waals surface area contributed by atoms with Crippen LogP contribution in [0.3, 0.4) is 0 Å². The molecule has 0 fully saturated rings. The molecular weight excluding hydrogens is 289 g/mol. The molecule has 0 unspecified atom stereocenters. The van der Waals surface area contributed by atoms with E-state index in [4.69, 9.17) is 23.2 Å². The smallest absolute Gasteiger partial charge is 0.280 e. The maximum absolute atomic E-state index is 10.9. The van der Waals surface area contributed by atoms with Crippen molar-refractivity contribution in [3.05, 3.63) is 62.1 Å². The number of benzene rings is 2. The molecular formula is C13H7Cl2NO3. The van der Waals surface area contributed by atoms with E-state index in [0.29, 0.717) is 27.5 Å². The lowest BCUT2D eigenvalue weighted by molar-refractivity contribution is -0.385. The van der Waals surface area contributed by atoms with E-state index in [2.05, 4.69) is 0 Å². The molecule has 0 atom stereocenters. The average molecular weight is 296 g/mol. The number of nitro groups is 1. The summed E-state index contributed by atoms with van der Waals surface area (Å²) in [4.78, 5) is 21.0. The Kier molecular flexibility index (Phi) is 3.83. The summed E-state index contributed by atoms with van der Waals surface area (Å²) < 4.78 is 0. The van der Waals surface area contributed by atoms with E-state index >= 15 is 0 Å². The summed E-state index contributed by atoms with van der Waals surface area (Å²) in [6.07, 6.45) is 0.446. The first-order chi connectivity index (χ1) is 9.04. The summed E-state index contributed by atoms with van der Waals surface area (Å²) in [5, 5.41) is 11.6. The van der Waals surface area contributed by atoms with Crippen LogP contribution in [0.4, 0.5) is 5.69 Å². The standard InChI is InChI=1S/C13H7Cl2NO3/c14-11-3-1-2-10(13(11)15)8-4-5-9(7-17)12(6-8)16(18)19/h1-7H. The Bertz CT molecular complexity index is 671. The number of hydrogen-bond donors (Lipinski definition) is 0. The first-order valence-electron chi connectivity index (χ1n) is 5.22. The van der Waals surface area contributed by atoms with E-state index in [-0.39, 0.29) is 11.3 Å². The molecule has 0 radical (unpaired) electrons. The van der Waals surface area contributed by atoms with Gasteiger partial charge < -0.3 is 0 Å². The summed E-state index contributed by atoms with van der Waals surface area (Å²) in [6, 6.07) is 9.31. The Labute approximate surface area is 118 Å². The highest BCUT2D eigenvalue weighted by Crippen LogP contribution is 2.35. The predicted molar refractivity (Wildman–Crippen MR) is 73.9 cm³/mol. The number of aldehydes is 1. The molecule has 0 aliphatic rings. The second-order valence-electron chi connectivity index (χ2n) is 3.75. The minimum atomic E-state index is -0.605. The van der Waals surface area contributed by atoms with Crippen molar-refractivity contribution in [3.63, 3.8) is 0 Å². The van der Waals surface area contributed by atoms with Gasteiger partial charge in [-0.3, -0.25) is 14.9 Å². The van der Waals surface area contributed by atoms with Crippen molar-refractivity contribution in [2.45, 2.75) is 0 Å². The van der Waals surface area contributed by atoms with Crippen molar-refractivity contribution in [2.75, 3.05) is 0 Å². The zero-order chi connectivity index (χ0) is 14.0. The van der Waals surface area contributed by atoms with E-state index in [1.807, 2.05) is 0 Å². The van der Waals surface area contributed by atoms with Crippen LogP contribution in [-0.4, -0.2) is 11.2 Å². The summed E-state index contributed by atoms with van der Waals surface area (Å²) >= 11 is 12.0. The number of nitro benzene ring substituents is 1. The minimum Gasteiger partial charge on any atom is -0.298 e. The molecule has 0 saturated carbocycles. The first kappa shape index (κ1) is 13.5. The van der Waals surface area contributed by atoms with Gasteiger partial charge in [-0.2, -0.15) is 0 Å². The Balaban J connectivity index is 2.64. The van der Waals surface area contributed by atoms with Gasteiger partial charge in [0.25, 0.3) is 5.69 Å². The Morgan fingerprint density at radius 2 is 1.89 bits per heavy atom. The van der Waals surface area contributed by atoms with Gasteiger partial charge >= 0.3 is 0 Å². The highest BCUT2D eigenvalue weighted by atomic mass is 35.5. The third-order valence-corrected chi connectivity index (χ3v) is 3.44. The van der Waals surface area contributed by atoms with Crippen molar-refractivity contribution in [2.24, 2.45) is 0 Å². The molecule has 2 aromatic rings. The summed E-state index contributed by atoms with van der Waals surface area (Å²) in [6.45, 7) is 0. The Hall–Kier alpha value is -1.91. The van der Waals surface area contributed by atoms with Crippen LogP contribution in [0.2, 0.25) is 10.0 Å². The molecule has 0 spiro atoms. The molecule has 0 aromatic heterocycles. The van der Waals surface area contributed by atoms with Gasteiger partial charge in [0.2, 0.25) is 0 Å². The van der Waals surface area contributed by atoms with Gasteiger partial charge in [0.05, 0.1) is 20.5 Å². The summed E-state index contributed by atoms with van der Waals surface area (Å²) in [5.74, 6) is 0. The van der Waals surface area contributed by atoms with Gasteiger partial charge in [0.15, 0.2) is 6.29 Å². The van der Waals surface area contributed by atoms with E-state index in [9.17, 15) is 14.9 Å². The topological polar surface area (TPSA) is 60.2 Å². The van der Waals surface area contributed by atoms with Crippen LogP contribution in [0.5, 0.6) is 0 Å². The van der Waals surface area contributed by atoms with Crippen molar-refractivity contribution in [3.8, 4) is 11.1 Å². The molecule has 0 heterocycles. The van der Waals surface area contributed by atoms with Crippen molar-refractivity contribution in [1.29, 1.82) is 0 Å². The maximum Gasteiger partial charge on any atom is 0.280 e. The molecule has 0 saturated heterocycles. The monoisotopic (exact) mass is 295 g/mol. The van der Waals surface area contributed by atoms with Crippen LogP contribution >= 0.6 is 23.2 Å². The number of carbonyl (C=O) groups is 1. The van der Waals surface area contributed by atoms with Crippen LogP contribution in [-0.2, 0) is 0 Å². The van der Waals surface area contributed by atoms with Crippen LogP contribution < -0.4 is 0 Å². The third kappa shape index (κ3) is 2.59. The third-order valence-electron chi connectivity index (χ3n) is 2.62. The lowest BCUT2D eigenvalue weighted by Gasteiger charge is -2.06. The average Bonchev–Trinajstić information content (AvgIpc) is 2.41. The molecule has 4 nitrogen and oxygen atoms in total. The van der Waals surface area contributed by atoms with Crippen molar-refractivity contribution < 1.29 is 9.72 Å². The maximum atomic E-state index is 10.9.